The van der Waals surface area contributed by atoms with Gasteiger partial charge in [-0.3, -0.25) is 9.59 Å². The quantitative estimate of drug-likeness (QED) is 0.494. The van der Waals surface area contributed by atoms with Crippen molar-refractivity contribution < 1.29 is 27.5 Å². The van der Waals surface area contributed by atoms with E-state index in [1.807, 2.05) is 0 Å². The summed E-state index contributed by atoms with van der Waals surface area (Å²) in [5, 5.41) is 2.43. The Bertz CT molecular complexity index is 520. The second kappa shape index (κ2) is 7.44. The number of benzene rings is 1. The summed E-state index contributed by atoms with van der Waals surface area (Å²) in [6.45, 7) is 1.40. The zero-order chi connectivity index (χ0) is 16.0. The van der Waals surface area contributed by atoms with Gasteiger partial charge in [-0.2, -0.15) is 13.2 Å². The van der Waals surface area contributed by atoms with Crippen molar-refractivity contribution in [2.45, 2.75) is 17.9 Å². The molecule has 0 saturated carbocycles. The molecule has 1 aromatic carbocycles. The number of amides is 1. The molecule has 8 heteroatoms. The minimum atomic E-state index is -4.47. The van der Waals surface area contributed by atoms with Crippen molar-refractivity contribution in [3.05, 3.63) is 35.4 Å². The van der Waals surface area contributed by atoms with Gasteiger partial charge >= 0.3 is 12.1 Å². The van der Waals surface area contributed by atoms with Crippen LogP contribution < -0.4 is 5.32 Å². The number of alkyl halides is 4. The Kier molecular flexibility index (Phi) is 6.19. The van der Waals surface area contributed by atoms with Crippen LogP contribution in [0.1, 0.15) is 22.9 Å². The number of hydrogen-bond donors (Lipinski definition) is 1. The van der Waals surface area contributed by atoms with Crippen molar-refractivity contribution in [2.24, 2.45) is 0 Å². The topological polar surface area (TPSA) is 55.4 Å². The first-order valence-corrected chi connectivity index (χ1v) is 6.85. The summed E-state index contributed by atoms with van der Waals surface area (Å²) in [7, 11) is 0. The van der Waals surface area contributed by atoms with Crippen LogP contribution in [-0.4, -0.2) is 25.0 Å². The van der Waals surface area contributed by atoms with Crippen molar-refractivity contribution in [3.8, 4) is 0 Å². The molecule has 0 radical (unpaired) electrons. The molecule has 0 aliphatic heterocycles. The van der Waals surface area contributed by atoms with Crippen LogP contribution in [0.15, 0.2) is 24.3 Å². The van der Waals surface area contributed by atoms with E-state index >= 15 is 0 Å². The molecular weight excluding hydrogens is 355 g/mol. The van der Waals surface area contributed by atoms with Gasteiger partial charge in [-0.05, 0) is 11.6 Å². The van der Waals surface area contributed by atoms with Gasteiger partial charge in [-0.1, -0.05) is 34.1 Å². The number of carbonyl (C=O) groups is 2. The summed E-state index contributed by atoms with van der Waals surface area (Å²) >= 11 is 3.00. The number of ether oxygens (including phenoxy) is 1. The molecule has 1 atom stereocenters. The largest absolute Gasteiger partial charge is 0.463 e. The van der Waals surface area contributed by atoms with Crippen LogP contribution in [0.2, 0.25) is 0 Å². The van der Waals surface area contributed by atoms with Gasteiger partial charge in [-0.25, -0.2) is 0 Å². The lowest BCUT2D eigenvalue weighted by atomic mass is 10.1. The molecule has 1 aromatic rings. The lowest BCUT2D eigenvalue weighted by Gasteiger charge is -2.13. The van der Waals surface area contributed by atoms with Crippen molar-refractivity contribution in [2.75, 3.05) is 13.2 Å². The molecule has 1 amide bonds. The van der Waals surface area contributed by atoms with Crippen LogP contribution in [0.4, 0.5) is 13.2 Å². The van der Waals surface area contributed by atoms with Crippen LogP contribution in [0.3, 0.4) is 0 Å². The van der Waals surface area contributed by atoms with E-state index in [1.54, 1.807) is 0 Å². The molecule has 0 fully saturated rings. The molecule has 0 aliphatic rings. The standard InChI is InChI=1S/C13H13BrF3NO3/c1-8(19)18-5-6-21-12(20)11(14)9-3-2-4-10(7-9)13(15,16)17/h2-4,7,11H,5-6H2,1H3,(H,18,19). The molecule has 4 nitrogen and oxygen atoms in total. The van der Waals surface area contributed by atoms with Crippen LogP contribution in [-0.2, 0) is 20.5 Å². The van der Waals surface area contributed by atoms with E-state index in [1.165, 1.54) is 19.1 Å². The van der Waals surface area contributed by atoms with Crippen LogP contribution in [0, 0.1) is 0 Å². The smallest absolute Gasteiger partial charge is 0.416 e. The predicted octanol–water partition coefficient (Wildman–Crippen LogP) is 2.82. The number of carbonyl (C=O) groups excluding carboxylic acids is 2. The second-order valence-electron chi connectivity index (χ2n) is 4.14. The van der Waals surface area contributed by atoms with Gasteiger partial charge in [0, 0.05) is 6.92 Å². The lowest BCUT2D eigenvalue weighted by Crippen LogP contribution is -2.26. The highest BCUT2D eigenvalue weighted by Crippen LogP contribution is 2.32. The van der Waals surface area contributed by atoms with Gasteiger partial charge in [-0.15, -0.1) is 0 Å². The van der Waals surface area contributed by atoms with Crippen molar-refractivity contribution in [3.63, 3.8) is 0 Å². The summed E-state index contributed by atoms with van der Waals surface area (Å²) in [5.41, 5.74) is -0.690. The predicted molar refractivity (Wildman–Crippen MR) is 72.8 cm³/mol. The fourth-order valence-electron chi connectivity index (χ4n) is 1.46. The minimum Gasteiger partial charge on any atom is -0.463 e. The molecule has 116 valence electrons. The average molecular weight is 368 g/mol. The molecule has 1 unspecified atom stereocenters. The summed E-state index contributed by atoms with van der Waals surface area (Å²) in [5.74, 6) is -0.987. The van der Waals surface area contributed by atoms with E-state index in [4.69, 9.17) is 4.74 Å². The van der Waals surface area contributed by atoms with E-state index in [9.17, 15) is 22.8 Å². The number of rotatable bonds is 5. The van der Waals surface area contributed by atoms with Gasteiger partial charge in [0.25, 0.3) is 0 Å². The van der Waals surface area contributed by atoms with Crippen molar-refractivity contribution in [1.82, 2.24) is 5.32 Å². The third kappa shape index (κ3) is 5.74. The van der Waals surface area contributed by atoms with Crippen molar-refractivity contribution >= 4 is 27.8 Å². The summed E-state index contributed by atoms with van der Waals surface area (Å²) in [4.78, 5) is 21.3. The van der Waals surface area contributed by atoms with Gasteiger partial charge in [0.15, 0.2) is 0 Å². The Hall–Kier alpha value is -1.57. The average Bonchev–Trinajstić information content (AvgIpc) is 2.41. The monoisotopic (exact) mass is 367 g/mol. The third-order valence-corrected chi connectivity index (χ3v) is 3.34. The van der Waals surface area contributed by atoms with E-state index in [0.29, 0.717) is 0 Å². The first-order chi connectivity index (χ1) is 9.71. The molecule has 1 rings (SSSR count). The van der Waals surface area contributed by atoms with Gasteiger partial charge in [0.1, 0.15) is 11.4 Å². The number of esters is 1. The Balaban J connectivity index is 2.64. The first kappa shape index (κ1) is 17.5. The van der Waals surface area contributed by atoms with E-state index < -0.39 is 22.5 Å². The maximum absolute atomic E-state index is 12.6. The maximum Gasteiger partial charge on any atom is 0.416 e. The number of hydrogen-bond acceptors (Lipinski definition) is 3. The van der Waals surface area contributed by atoms with Gasteiger partial charge in [0.05, 0.1) is 12.1 Å². The Morgan fingerprint density at radius 2 is 2.05 bits per heavy atom. The van der Waals surface area contributed by atoms with Gasteiger partial charge in [0.2, 0.25) is 5.91 Å². The summed E-state index contributed by atoms with van der Waals surface area (Å²) in [6.07, 6.45) is -4.47. The normalized spacial score (nSPS) is 12.6. The lowest BCUT2D eigenvalue weighted by molar-refractivity contribution is -0.143. The van der Waals surface area contributed by atoms with Crippen LogP contribution in [0.5, 0.6) is 0 Å². The highest BCUT2D eigenvalue weighted by Gasteiger charge is 2.31. The summed E-state index contributed by atoms with van der Waals surface area (Å²) < 4.78 is 42.6. The molecule has 0 heterocycles. The highest BCUT2D eigenvalue weighted by molar-refractivity contribution is 9.09. The molecule has 0 saturated heterocycles. The number of nitrogens with one attached hydrogen (secondary N) is 1. The van der Waals surface area contributed by atoms with Crippen LogP contribution in [0.25, 0.3) is 0 Å². The van der Waals surface area contributed by atoms with E-state index in [-0.39, 0.29) is 24.6 Å². The minimum absolute atomic E-state index is 0.0561. The molecule has 0 spiro atoms. The zero-order valence-electron chi connectivity index (χ0n) is 11.0. The maximum atomic E-state index is 12.6. The highest BCUT2D eigenvalue weighted by atomic mass is 79.9. The molecule has 21 heavy (non-hydrogen) atoms. The Labute approximate surface area is 127 Å². The van der Waals surface area contributed by atoms with Crippen LogP contribution >= 0.6 is 15.9 Å². The third-order valence-electron chi connectivity index (χ3n) is 2.43. The Morgan fingerprint density at radius 3 is 2.62 bits per heavy atom. The SMILES string of the molecule is CC(=O)NCCOC(=O)C(Br)c1cccc(C(F)(F)F)c1. The zero-order valence-corrected chi connectivity index (χ0v) is 12.6. The molecule has 0 aromatic heterocycles. The van der Waals surface area contributed by atoms with Crippen molar-refractivity contribution in [1.29, 1.82) is 0 Å². The Morgan fingerprint density at radius 1 is 1.38 bits per heavy atom. The molecule has 1 N–H and O–H groups in total. The number of halogens is 4. The van der Waals surface area contributed by atoms with E-state index in [0.717, 1.165) is 12.1 Å². The fourth-order valence-corrected chi connectivity index (χ4v) is 1.88. The second-order valence-corrected chi connectivity index (χ2v) is 5.05. The van der Waals surface area contributed by atoms with E-state index in [2.05, 4.69) is 21.2 Å². The fraction of sp³-hybridized carbons (Fsp3) is 0.385. The molecule has 0 aliphatic carbocycles. The first-order valence-electron chi connectivity index (χ1n) is 5.94. The summed E-state index contributed by atoms with van der Waals surface area (Å²) in [6, 6.07) is 4.42. The van der Waals surface area contributed by atoms with Gasteiger partial charge < -0.3 is 10.1 Å². The molecular formula is C13H13BrF3NO3. The molecule has 0 bridgehead atoms.